The molecule has 0 atom stereocenters. The average molecular weight is 267 g/mol. The van der Waals surface area contributed by atoms with E-state index in [4.69, 9.17) is 15.2 Å². The van der Waals surface area contributed by atoms with Crippen LogP contribution in [0.4, 0.5) is 0 Å². The van der Waals surface area contributed by atoms with E-state index in [9.17, 15) is 5.11 Å². The molecular weight excluding hydrogens is 242 g/mol. The third-order valence-corrected chi connectivity index (χ3v) is 3.36. The maximum absolute atomic E-state index is 10.2. The van der Waals surface area contributed by atoms with Crippen LogP contribution < -0.4 is 15.2 Å². The van der Waals surface area contributed by atoms with Gasteiger partial charge >= 0.3 is 0 Å². The molecule has 0 unspecified atom stereocenters. The summed E-state index contributed by atoms with van der Waals surface area (Å²) < 4.78 is 11.3. The molecule has 0 bridgehead atoms. The van der Waals surface area contributed by atoms with E-state index in [2.05, 4.69) is 0 Å². The molecule has 0 aliphatic heterocycles. The summed E-state index contributed by atoms with van der Waals surface area (Å²) in [5.41, 5.74) is 5.83. The molecule has 4 nitrogen and oxygen atoms in total. The van der Waals surface area contributed by atoms with Gasteiger partial charge in [-0.1, -0.05) is 19.9 Å². The largest absolute Gasteiger partial charge is 0.490 e. The molecule has 4 heteroatoms. The molecule has 1 aromatic carbocycles. The molecule has 0 heterocycles. The molecule has 0 amide bonds. The van der Waals surface area contributed by atoms with E-state index in [0.717, 1.165) is 5.56 Å². The highest BCUT2D eigenvalue weighted by Crippen LogP contribution is 2.29. The molecule has 108 valence electrons. The molecule has 0 radical (unpaired) electrons. The Balaban J connectivity index is 2.82. The molecule has 0 aliphatic carbocycles. The second kappa shape index (κ2) is 7.36. The fraction of sp³-hybridized carbons (Fsp3) is 0.600. The number of aliphatic hydroxyl groups is 1. The number of hydrogen-bond donors (Lipinski definition) is 2. The molecule has 0 aliphatic rings. The van der Waals surface area contributed by atoms with Crippen LogP contribution in [0, 0.1) is 0 Å². The minimum absolute atomic E-state index is 0.266. The second-order valence-electron chi connectivity index (χ2n) is 4.64. The van der Waals surface area contributed by atoms with Crippen molar-refractivity contribution in [2.24, 2.45) is 5.73 Å². The Hall–Kier alpha value is -1.26. The molecule has 0 saturated heterocycles. The second-order valence-corrected chi connectivity index (χ2v) is 4.64. The SMILES string of the molecule is CCOc1cc(CN)ccc1OCC(O)(CC)CC. The van der Waals surface area contributed by atoms with Gasteiger partial charge in [-0.3, -0.25) is 0 Å². The zero-order valence-electron chi connectivity index (χ0n) is 12.1. The van der Waals surface area contributed by atoms with Crippen LogP contribution in [0.5, 0.6) is 11.5 Å². The lowest BCUT2D eigenvalue weighted by Gasteiger charge is -2.25. The molecule has 1 aromatic rings. The monoisotopic (exact) mass is 267 g/mol. The van der Waals surface area contributed by atoms with Gasteiger partial charge in [0.05, 0.1) is 12.2 Å². The van der Waals surface area contributed by atoms with Crippen molar-refractivity contribution in [3.8, 4) is 11.5 Å². The predicted molar refractivity (Wildman–Crippen MR) is 76.5 cm³/mol. The van der Waals surface area contributed by atoms with Crippen molar-refractivity contribution < 1.29 is 14.6 Å². The lowest BCUT2D eigenvalue weighted by molar-refractivity contribution is -0.0120. The normalized spacial score (nSPS) is 11.4. The Morgan fingerprint density at radius 1 is 1.11 bits per heavy atom. The topological polar surface area (TPSA) is 64.7 Å². The number of hydrogen-bond acceptors (Lipinski definition) is 4. The quantitative estimate of drug-likeness (QED) is 0.759. The first-order valence-corrected chi connectivity index (χ1v) is 6.89. The zero-order valence-corrected chi connectivity index (χ0v) is 12.1. The molecule has 3 N–H and O–H groups in total. The smallest absolute Gasteiger partial charge is 0.161 e. The van der Waals surface area contributed by atoms with E-state index in [-0.39, 0.29) is 6.61 Å². The lowest BCUT2D eigenvalue weighted by Crippen LogP contribution is -2.34. The first-order chi connectivity index (χ1) is 9.08. The van der Waals surface area contributed by atoms with Gasteiger partial charge < -0.3 is 20.3 Å². The molecule has 19 heavy (non-hydrogen) atoms. The van der Waals surface area contributed by atoms with Crippen LogP contribution in [0.2, 0.25) is 0 Å². The van der Waals surface area contributed by atoms with Crippen LogP contribution in [-0.4, -0.2) is 23.9 Å². The van der Waals surface area contributed by atoms with Crippen LogP contribution in [0.25, 0.3) is 0 Å². The van der Waals surface area contributed by atoms with Gasteiger partial charge in [0.1, 0.15) is 6.61 Å². The van der Waals surface area contributed by atoms with Crippen molar-refractivity contribution >= 4 is 0 Å². The average Bonchev–Trinajstić information content (AvgIpc) is 2.45. The minimum Gasteiger partial charge on any atom is -0.490 e. The maximum atomic E-state index is 10.2. The van der Waals surface area contributed by atoms with E-state index in [1.165, 1.54) is 0 Å². The highest BCUT2D eigenvalue weighted by Gasteiger charge is 2.23. The van der Waals surface area contributed by atoms with Crippen molar-refractivity contribution in [2.75, 3.05) is 13.2 Å². The number of nitrogens with two attached hydrogens (primary N) is 1. The summed E-state index contributed by atoms with van der Waals surface area (Å²) in [7, 11) is 0. The molecule has 0 fully saturated rings. The van der Waals surface area contributed by atoms with E-state index < -0.39 is 5.60 Å². The van der Waals surface area contributed by atoms with Crippen LogP contribution in [0.1, 0.15) is 39.2 Å². The fourth-order valence-corrected chi connectivity index (χ4v) is 1.73. The summed E-state index contributed by atoms with van der Waals surface area (Å²) in [5, 5.41) is 10.2. The highest BCUT2D eigenvalue weighted by atomic mass is 16.5. The van der Waals surface area contributed by atoms with Crippen LogP contribution >= 0.6 is 0 Å². The third-order valence-electron chi connectivity index (χ3n) is 3.36. The Bertz CT molecular complexity index is 389. The minimum atomic E-state index is -0.782. The van der Waals surface area contributed by atoms with E-state index in [0.29, 0.717) is 37.5 Å². The Morgan fingerprint density at radius 3 is 2.32 bits per heavy atom. The van der Waals surface area contributed by atoms with Crippen LogP contribution in [0.3, 0.4) is 0 Å². The summed E-state index contributed by atoms with van der Waals surface area (Å²) in [6, 6.07) is 5.64. The van der Waals surface area contributed by atoms with Gasteiger partial charge in [0.15, 0.2) is 11.5 Å². The van der Waals surface area contributed by atoms with Gasteiger partial charge in [0.25, 0.3) is 0 Å². The standard InChI is InChI=1S/C15H25NO3/c1-4-15(17,5-2)11-19-13-8-7-12(10-16)9-14(13)18-6-3/h7-9,17H,4-6,10-11,16H2,1-3H3. The van der Waals surface area contributed by atoms with Gasteiger partial charge in [-0.15, -0.1) is 0 Å². The molecule has 0 aromatic heterocycles. The van der Waals surface area contributed by atoms with Gasteiger partial charge in [-0.05, 0) is 37.5 Å². The van der Waals surface area contributed by atoms with Crippen molar-refractivity contribution in [1.82, 2.24) is 0 Å². The first kappa shape index (κ1) is 15.8. The van der Waals surface area contributed by atoms with Crippen molar-refractivity contribution in [2.45, 2.75) is 45.8 Å². The van der Waals surface area contributed by atoms with E-state index >= 15 is 0 Å². The number of ether oxygens (including phenoxy) is 2. The Labute approximate surface area is 115 Å². The summed E-state index contributed by atoms with van der Waals surface area (Å²) >= 11 is 0. The van der Waals surface area contributed by atoms with Crippen molar-refractivity contribution in [3.63, 3.8) is 0 Å². The molecule has 1 rings (SSSR count). The van der Waals surface area contributed by atoms with Gasteiger partial charge in [-0.25, -0.2) is 0 Å². The number of benzene rings is 1. The van der Waals surface area contributed by atoms with Gasteiger partial charge in [-0.2, -0.15) is 0 Å². The van der Waals surface area contributed by atoms with Gasteiger partial charge in [0, 0.05) is 6.54 Å². The first-order valence-electron chi connectivity index (χ1n) is 6.89. The van der Waals surface area contributed by atoms with Crippen LogP contribution in [0.15, 0.2) is 18.2 Å². The zero-order chi connectivity index (χ0) is 14.3. The Morgan fingerprint density at radius 2 is 1.79 bits per heavy atom. The van der Waals surface area contributed by atoms with E-state index in [1.807, 2.05) is 39.0 Å². The molecular formula is C15H25NO3. The third kappa shape index (κ3) is 4.40. The Kier molecular flexibility index (Phi) is 6.12. The highest BCUT2D eigenvalue weighted by molar-refractivity contribution is 5.43. The van der Waals surface area contributed by atoms with E-state index in [1.54, 1.807) is 0 Å². The summed E-state index contributed by atoms with van der Waals surface area (Å²) in [4.78, 5) is 0. The van der Waals surface area contributed by atoms with Crippen LogP contribution in [-0.2, 0) is 6.54 Å². The summed E-state index contributed by atoms with van der Waals surface area (Å²) in [6.07, 6.45) is 1.32. The van der Waals surface area contributed by atoms with Crippen molar-refractivity contribution in [1.29, 1.82) is 0 Å². The summed E-state index contributed by atoms with van der Waals surface area (Å²) in [6.45, 7) is 7.13. The van der Waals surface area contributed by atoms with Crippen molar-refractivity contribution in [3.05, 3.63) is 23.8 Å². The molecule has 0 spiro atoms. The fourth-order valence-electron chi connectivity index (χ4n) is 1.73. The lowest BCUT2D eigenvalue weighted by atomic mass is 9.99. The maximum Gasteiger partial charge on any atom is 0.161 e. The molecule has 0 saturated carbocycles. The summed E-state index contributed by atoms with van der Waals surface area (Å²) in [5.74, 6) is 1.33. The number of rotatable bonds is 8. The predicted octanol–water partition coefficient (Wildman–Crippen LogP) is 2.47. The van der Waals surface area contributed by atoms with Gasteiger partial charge in [0.2, 0.25) is 0 Å².